The van der Waals surface area contributed by atoms with Crippen LogP contribution in [0.5, 0.6) is 0 Å². The molecule has 2 aliphatic carbocycles. The number of nitrogens with one attached hydrogen (secondary N) is 1. The number of aromatic amines is 1. The first kappa shape index (κ1) is 19.8. The lowest BCUT2D eigenvalue weighted by Gasteiger charge is -2.43. The van der Waals surface area contributed by atoms with E-state index in [2.05, 4.69) is 17.1 Å². The van der Waals surface area contributed by atoms with Gasteiger partial charge in [0.2, 0.25) is 11.8 Å². The van der Waals surface area contributed by atoms with E-state index in [0.717, 1.165) is 21.9 Å². The second kappa shape index (κ2) is 6.93. The number of fused-ring (bicyclic) bond motifs is 9. The first-order valence-electron chi connectivity index (χ1n) is 11.4. The Balaban J connectivity index is 1.33. The SMILES string of the molecule is Cc1ccc(N2C(=O)C3C4CC(C3C2=O)C2C(c3ccccc3)c3sc(=O)[nH]c3SC42)cc1. The number of carbonyl (C=O) groups is 2. The number of H-pyrrole nitrogens is 1. The van der Waals surface area contributed by atoms with Gasteiger partial charge in [0.25, 0.3) is 0 Å². The highest BCUT2D eigenvalue weighted by atomic mass is 32.2. The van der Waals surface area contributed by atoms with Crippen LogP contribution in [0.4, 0.5) is 5.69 Å². The van der Waals surface area contributed by atoms with Gasteiger partial charge in [0.15, 0.2) is 0 Å². The van der Waals surface area contributed by atoms with Crippen molar-refractivity contribution in [2.45, 2.75) is 29.5 Å². The smallest absolute Gasteiger partial charge is 0.305 e. The molecule has 0 radical (unpaired) electrons. The standard InChI is InChI=1S/C26H22N2O3S2/c1-12-7-9-14(10-8-12)28-24(29)19-15-11-16(20(19)25(28)30)21-18(15)17(13-5-3-2-4-6-13)22-23(32-21)27-26(31)33-22/h2-10,15-21H,11H2,1H3,(H,27,31). The topological polar surface area (TPSA) is 70.2 Å². The molecule has 7 rings (SSSR count). The van der Waals surface area contributed by atoms with Crippen LogP contribution < -0.4 is 9.77 Å². The van der Waals surface area contributed by atoms with Crippen molar-refractivity contribution < 1.29 is 9.59 Å². The number of thiazole rings is 1. The van der Waals surface area contributed by atoms with Crippen LogP contribution in [0.25, 0.3) is 0 Å². The first-order valence-corrected chi connectivity index (χ1v) is 13.1. The van der Waals surface area contributed by atoms with E-state index < -0.39 is 0 Å². The van der Waals surface area contributed by atoms with Crippen molar-refractivity contribution in [2.24, 2.45) is 29.6 Å². The largest absolute Gasteiger partial charge is 0.307 e. The average Bonchev–Trinajstić information content (AvgIpc) is 3.54. The maximum atomic E-state index is 13.7. The fraction of sp³-hybridized carbons (Fsp3) is 0.346. The molecule has 166 valence electrons. The maximum Gasteiger partial charge on any atom is 0.305 e. The number of hydrogen-bond acceptors (Lipinski definition) is 5. The number of aromatic nitrogens is 1. The predicted molar refractivity (Wildman–Crippen MR) is 129 cm³/mol. The molecule has 3 fully saturated rings. The van der Waals surface area contributed by atoms with Gasteiger partial charge in [-0.15, -0.1) is 11.8 Å². The van der Waals surface area contributed by atoms with Crippen molar-refractivity contribution in [3.8, 4) is 0 Å². The van der Waals surface area contributed by atoms with Gasteiger partial charge in [-0.25, -0.2) is 0 Å². The first-order chi connectivity index (χ1) is 16.0. The second-order valence-corrected chi connectivity index (χ2v) is 11.9. The minimum Gasteiger partial charge on any atom is -0.307 e. The Kier molecular flexibility index (Phi) is 4.16. The van der Waals surface area contributed by atoms with Crippen LogP contribution in [0, 0.1) is 36.5 Å². The minimum atomic E-state index is -0.255. The molecule has 2 saturated carbocycles. The molecule has 2 aromatic carbocycles. The van der Waals surface area contributed by atoms with Crippen LogP contribution in [0.2, 0.25) is 0 Å². The zero-order valence-corrected chi connectivity index (χ0v) is 19.6. The second-order valence-electron chi connectivity index (χ2n) is 9.72. The Morgan fingerprint density at radius 2 is 1.61 bits per heavy atom. The molecule has 5 nitrogen and oxygen atoms in total. The van der Waals surface area contributed by atoms with E-state index in [4.69, 9.17) is 0 Å². The quantitative estimate of drug-likeness (QED) is 0.558. The van der Waals surface area contributed by atoms with E-state index in [1.807, 2.05) is 49.4 Å². The predicted octanol–water partition coefficient (Wildman–Crippen LogP) is 4.42. The number of nitrogens with zero attached hydrogens (tertiary/aromatic N) is 1. The molecule has 7 atom stereocenters. The number of anilines is 1. The molecule has 33 heavy (non-hydrogen) atoms. The molecule has 4 aliphatic rings. The normalized spacial score (nSPS) is 33.8. The third-order valence-electron chi connectivity index (χ3n) is 8.17. The number of benzene rings is 2. The van der Waals surface area contributed by atoms with Gasteiger partial charge in [0.1, 0.15) is 0 Å². The highest BCUT2D eigenvalue weighted by Gasteiger charge is 2.69. The van der Waals surface area contributed by atoms with E-state index in [-0.39, 0.29) is 57.4 Å². The fourth-order valence-electron chi connectivity index (χ4n) is 7.00. The number of hydrogen-bond donors (Lipinski definition) is 1. The number of rotatable bonds is 2. The van der Waals surface area contributed by atoms with Crippen molar-refractivity contribution in [3.05, 3.63) is 80.3 Å². The number of thioether (sulfide) groups is 1. The summed E-state index contributed by atoms with van der Waals surface area (Å²) in [7, 11) is 0. The summed E-state index contributed by atoms with van der Waals surface area (Å²) in [5, 5.41) is 1.19. The number of aryl methyl sites for hydroxylation is 1. The zero-order chi connectivity index (χ0) is 22.4. The molecule has 2 amide bonds. The molecule has 3 heterocycles. The molecule has 7 unspecified atom stereocenters. The molecule has 2 aliphatic heterocycles. The van der Waals surface area contributed by atoms with Crippen LogP contribution in [0.1, 0.15) is 28.3 Å². The molecule has 1 aromatic heterocycles. The van der Waals surface area contributed by atoms with Crippen molar-refractivity contribution in [1.82, 2.24) is 4.98 Å². The van der Waals surface area contributed by atoms with Crippen LogP contribution in [0.15, 0.2) is 64.4 Å². The Bertz CT molecular complexity index is 1350. The summed E-state index contributed by atoms with van der Waals surface area (Å²) >= 11 is 3.03. The van der Waals surface area contributed by atoms with Gasteiger partial charge in [-0.1, -0.05) is 59.4 Å². The lowest BCUT2D eigenvalue weighted by atomic mass is 9.68. The van der Waals surface area contributed by atoms with Crippen LogP contribution in [-0.4, -0.2) is 22.0 Å². The van der Waals surface area contributed by atoms with Gasteiger partial charge in [0, 0.05) is 16.0 Å². The summed E-state index contributed by atoms with van der Waals surface area (Å²) in [6.07, 6.45) is 0.916. The number of carbonyl (C=O) groups excluding carboxylic acids is 2. The maximum absolute atomic E-state index is 13.7. The Morgan fingerprint density at radius 1 is 0.909 bits per heavy atom. The minimum absolute atomic E-state index is 0.0290. The highest BCUT2D eigenvalue weighted by molar-refractivity contribution is 8.00. The third-order valence-corrected chi connectivity index (χ3v) is 10.8. The third kappa shape index (κ3) is 2.63. The summed E-state index contributed by atoms with van der Waals surface area (Å²) in [5.74, 6) is 0.0616. The van der Waals surface area contributed by atoms with Crippen molar-refractivity contribution in [2.75, 3.05) is 4.90 Å². The van der Waals surface area contributed by atoms with Gasteiger partial charge >= 0.3 is 4.87 Å². The van der Waals surface area contributed by atoms with E-state index in [1.165, 1.54) is 21.8 Å². The van der Waals surface area contributed by atoms with Gasteiger partial charge < -0.3 is 4.98 Å². The van der Waals surface area contributed by atoms with Gasteiger partial charge in [-0.05, 0) is 48.8 Å². The van der Waals surface area contributed by atoms with Crippen molar-refractivity contribution in [1.29, 1.82) is 0 Å². The summed E-state index contributed by atoms with van der Waals surface area (Å²) in [5.41, 5.74) is 2.98. The van der Waals surface area contributed by atoms with Gasteiger partial charge in [-0.2, -0.15) is 0 Å². The molecule has 0 spiro atoms. The lowest BCUT2D eigenvalue weighted by molar-refractivity contribution is -0.123. The molecule has 1 N–H and O–H groups in total. The monoisotopic (exact) mass is 474 g/mol. The summed E-state index contributed by atoms with van der Waals surface area (Å²) in [4.78, 5) is 45.1. The van der Waals surface area contributed by atoms with Crippen LogP contribution in [0.3, 0.4) is 0 Å². The summed E-state index contributed by atoms with van der Waals surface area (Å²) < 4.78 is 0. The number of imide groups is 1. The van der Waals surface area contributed by atoms with E-state index >= 15 is 0 Å². The Hall–Kier alpha value is -2.64. The van der Waals surface area contributed by atoms with Crippen LogP contribution in [-0.2, 0) is 9.59 Å². The molecule has 1 saturated heterocycles. The summed E-state index contributed by atoms with van der Waals surface area (Å²) in [6.45, 7) is 2.00. The molecular weight excluding hydrogens is 452 g/mol. The zero-order valence-electron chi connectivity index (χ0n) is 17.9. The van der Waals surface area contributed by atoms with Gasteiger partial charge in [-0.3, -0.25) is 19.3 Å². The lowest BCUT2D eigenvalue weighted by Crippen LogP contribution is -2.42. The molecular formula is C26H22N2O3S2. The van der Waals surface area contributed by atoms with E-state index in [1.54, 1.807) is 11.8 Å². The summed E-state index contributed by atoms with van der Waals surface area (Å²) in [6, 6.07) is 18.0. The molecule has 3 aromatic rings. The van der Waals surface area contributed by atoms with Crippen molar-refractivity contribution in [3.63, 3.8) is 0 Å². The molecule has 7 heteroatoms. The Morgan fingerprint density at radius 3 is 2.33 bits per heavy atom. The highest BCUT2D eigenvalue weighted by Crippen LogP contribution is 2.68. The number of amides is 2. The van der Waals surface area contributed by atoms with Crippen LogP contribution >= 0.6 is 23.1 Å². The van der Waals surface area contributed by atoms with Gasteiger partial charge in [0.05, 0.1) is 22.5 Å². The molecule has 2 bridgehead atoms. The van der Waals surface area contributed by atoms with Crippen molar-refractivity contribution >= 4 is 40.6 Å². The van der Waals surface area contributed by atoms with E-state index in [9.17, 15) is 14.4 Å². The fourth-order valence-corrected chi connectivity index (χ4v) is 9.89. The Labute approximate surface area is 199 Å². The van der Waals surface area contributed by atoms with E-state index in [0.29, 0.717) is 5.69 Å². The average molecular weight is 475 g/mol.